The molecule has 0 spiro atoms. The molecule has 0 aromatic carbocycles. The number of carboxylic acid groups (broad SMARTS) is 2. The van der Waals surface area contributed by atoms with Crippen LogP contribution in [0.4, 0.5) is 0 Å². The molecule has 29 heavy (non-hydrogen) atoms. The van der Waals surface area contributed by atoms with Crippen LogP contribution in [-0.4, -0.2) is 72.9 Å². The summed E-state index contributed by atoms with van der Waals surface area (Å²) in [6, 6.07) is 5.90. The minimum absolute atomic E-state index is 0. The van der Waals surface area contributed by atoms with Gasteiger partial charge in [-0.05, 0) is 37.1 Å². The predicted octanol–water partition coefficient (Wildman–Crippen LogP) is 0.867. The van der Waals surface area contributed by atoms with E-state index in [1.165, 1.54) is 24.5 Å². The average molecular weight is 428 g/mol. The Hall–Kier alpha value is -1.90. The summed E-state index contributed by atoms with van der Waals surface area (Å²) in [5.74, 6) is -1.37. The maximum atomic E-state index is 10.4. The molecule has 2 rings (SSSR count). The van der Waals surface area contributed by atoms with Crippen LogP contribution in [0.2, 0.25) is 0 Å². The molecule has 0 aliphatic rings. The maximum Gasteiger partial charge on any atom is 2.00 e. The molecule has 0 atom stereocenters. The van der Waals surface area contributed by atoms with Gasteiger partial charge in [0.1, 0.15) is 11.5 Å². The van der Waals surface area contributed by atoms with Gasteiger partial charge in [0.05, 0.1) is 48.9 Å². The first-order valence-corrected chi connectivity index (χ1v) is 9.08. The van der Waals surface area contributed by atoms with Gasteiger partial charge in [-0.3, -0.25) is 9.97 Å². The molecule has 0 amide bonds. The van der Waals surface area contributed by atoms with Crippen LogP contribution in [0, 0.1) is 0 Å². The van der Waals surface area contributed by atoms with Gasteiger partial charge in [0, 0.05) is 0 Å². The quantitative estimate of drug-likeness (QED) is 0.403. The van der Waals surface area contributed by atoms with Crippen LogP contribution < -0.4 is 19.7 Å². The number of hydrogen-bond acceptors (Lipinski definition) is 8. The summed E-state index contributed by atoms with van der Waals surface area (Å²) < 4.78 is 10.6. The van der Waals surface area contributed by atoms with E-state index in [9.17, 15) is 19.8 Å². The molecule has 0 bridgehead atoms. The van der Waals surface area contributed by atoms with Crippen LogP contribution >= 0.6 is 0 Å². The molecule has 0 saturated heterocycles. The maximum absolute atomic E-state index is 10.4. The monoisotopic (exact) mass is 428 g/mol. The number of carboxylic acids is 2. The third kappa shape index (κ3) is 11.6. The molecule has 152 valence electrons. The number of rotatable bonds is 10. The Morgan fingerprint density at radius 3 is 1.41 bits per heavy atom. The van der Waals surface area contributed by atoms with Crippen molar-refractivity contribution in [2.24, 2.45) is 0 Å². The second-order valence-electron chi connectivity index (χ2n) is 5.74. The number of nitrogens with zero attached hydrogens (tertiary/aromatic N) is 2. The van der Waals surface area contributed by atoms with Crippen molar-refractivity contribution >= 4 is 49.7 Å². The molecule has 0 aliphatic carbocycles. The number of pyridine rings is 2. The fraction of sp³-hybridized carbons (Fsp3) is 0.400. The van der Waals surface area contributed by atoms with Crippen LogP contribution in [0.3, 0.4) is 0 Å². The van der Waals surface area contributed by atoms with Crippen molar-refractivity contribution in [2.75, 3.05) is 13.2 Å². The molecule has 0 unspecified atom stereocenters. The second kappa shape index (κ2) is 16.0. The molecule has 0 saturated carbocycles. The van der Waals surface area contributed by atoms with Gasteiger partial charge in [-0.2, -0.15) is 0 Å². The van der Waals surface area contributed by atoms with Crippen molar-refractivity contribution < 1.29 is 29.3 Å². The Labute approximate surface area is 200 Å². The van der Waals surface area contributed by atoms with Crippen molar-refractivity contribution in [3.8, 4) is 11.5 Å². The van der Waals surface area contributed by atoms with Crippen molar-refractivity contribution in [2.45, 2.75) is 39.5 Å². The molecular weight excluding hydrogens is 404 g/mol. The third-order valence-electron chi connectivity index (χ3n) is 3.42. The Morgan fingerprint density at radius 2 is 1.17 bits per heavy atom. The Morgan fingerprint density at radius 1 is 0.793 bits per heavy atom. The van der Waals surface area contributed by atoms with E-state index in [1.807, 2.05) is 0 Å². The Balaban J connectivity index is 0.000000523. The zero-order valence-corrected chi connectivity index (χ0v) is 19.0. The predicted molar refractivity (Wildman–Crippen MR) is 104 cm³/mol. The summed E-state index contributed by atoms with van der Waals surface area (Å²) in [6.45, 7) is 5.40. The number of aromatic carboxylic acids is 2. The molecule has 0 aliphatic heterocycles. The summed E-state index contributed by atoms with van der Waals surface area (Å²) in [6.07, 6.45) is 6.85. The molecule has 2 aromatic heterocycles. The molecule has 2 heterocycles. The average Bonchev–Trinajstić information content (AvgIpc) is 2.70. The Bertz CT molecular complexity index is 659. The zero-order chi connectivity index (χ0) is 20.8. The molecule has 0 radical (unpaired) electrons. The molecule has 0 N–H and O–H groups in total. The van der Waals surface area contributed by atoms with Crippen LogP contribution in [0.5, 0.6) is 11.5 Å². The van der Waals surface area contributed by atoms with E-state index in [1.54, 1.807) is 12.1 Å². The van der Waals surface area contributed by atoms with E-state index in [2.05, 4.69) is 23.8 Å². The Kier molecular flexibility index (Phi) is 14.9. The number of aromatic nitrogens is 2. The number of hydrogen-bond donors (Lipinski definition) is 0. The van der Waals surface area contributed by atoms with Gasteiger partial charge in [0.15, 0.2) is 0 Å². The van der Waals surface area contributed by atoms with E-state index in [4.69, 9.17) is 9.47 Å². The van der Waals surface area contributed by atoms with E-state index < -0.39 is 11.9 Å². The van der Waals surface area contributed by atoms with Gasteiger partial charge in [-0.25, -0.2) is 0 Å². The van der Waals surface area contributed by atoms with Gasteiger partial charge in [0.25, 0.3) is 0 Å². The van der Waals surface area contributed by atoms with E-state index >= 15 is 0 Å². The topological polar surface area (TPSA) is 125 Å². The summed E-state index contributed by atoms with van der Waals surface area (Å²) in [4.78, 5) is 28.1. The third-order valence-corrected chi connectivity index (χ3v) is 3.42. The zero-order valence-electron chi connectivity index (χ0n) is 16.8. The summed E-state index contributed by atoms with van der Waals surface area (Å²) in [5, 5.41) is 20.7. The van der Waals surface area contributed by atoms with Gasteiger partial charge in [-0.1, -0.05) is 26.7 Å². The fourth-order valence-electron chi connectivity index (χ4n) is 1.84. The number of unbranched alkanes of at least 4 members (excludes halogenated alkanes) is 2. The van der Waals surface area contributed by atoms with E-state index in [-0.39, 0.29) is 49.1 Å². The number of ether oxygens (including phenoxy) is 2. The first kappa shape index (κ1) is 27.1. The fourth-order valence-corrected chi connectivity index (χ4v) is 1.84. The standard InChI is InChI=1S/2C10H13NO3.Ca/c2*1-2-3-6-14-8-4-5-9(10(12)13)11-7-8;/h2*4-5,7H,2-3,6H2,1H3,(H,12,13);/q;;+2/p-2. The smallest absolute Gasteiger partial charge is 0.543 e. The minimum atomic E-state index is -1.27. The first-order chi connectivity index (χ1) is 13.5. The van der Waals surface area contributed by atoms with Crippen molar-refractivity contribution in [3.05, 3.63) is 48.0 Å². The van der Waals surface area contributed by atoms with Crippen molar-refractivity contribution in [1.29, 1.82) is 0 Å². The largest absolute Gasteiger partial charge is 2.00 e. The normalized spacial score (nSPS) is 9.45. The SMILES string of the molecule is CCCCOc1ccc(C(=O)[O-])nc1.CCCCOc1ccc(C(=O)[O-])nc1.[Ca+2]. The van der Waals surface area contributed by atoms with Gasteiger partial charge in [-0.15, -0.1) is 0 Å². The minimum Gasteiger partial charge on any atom is -0.543 e. The van der Waals surface area contributed by atoms with Crippen molar-refractivity contribution in [3.63, 3.8) is 0 Å². The van der Waals surface area contributed by atoms with Crippen LogP contribution in [0.1, 0.15) is 60.5 Å². The second-order valence-corrected chi connectivity index (χ2v) is 5.74. The van der Waals surface area contributed by atoms with Crippen LogP contribution in [-0.2, 0) is 0 Å². The molecule has 8 nitrogen and oxygen atoms in total. The van der Waals surface area contributed by atoms with E-state index in [0.717, 1.165) is 25.7 Å². The van der Waals surface area contributed by atoms with Gasteiger partial charge >= 0.3 is 37.7 Å². The summed E-state index contributed by atoms with van der Waals surface area (Å²) >= 11 is 0. The number of carbonyl (C=O) groups excluding carboxylic acids is 2. The van der Waals surface area contributed by atoms with Crippen molar-refractivity contribution in [1.82, 2.24) is 9.97 Å². The summed E-state index contributed by atoms with van der Waals surface area (Å²) in [7, 11) is 0. The van der Waals surface area contributed by atoms with E-state index in [0.29, 0.717) is 24.7 Å². The van der Waals surface area contributed by atoms with Crippen LogP contribution in [0.15, 0.2) is 36.7 Å². The number of carbonyl (C=O) groups is 2. The molecule has 9 heteroatoms. The van der Waals surface area contributed by atoms with Gasteiger partial charge in [0.2, 0.25) is 0 Å². The van der Waals surface area contributed by atoms with Crippen LogP contribution in [0.25, 0.3) is 0 Å². The molecule has 2 aromatic rings. The summed E-state index contributed by atoms with van der Waals surface area (Å²) in [5.41, 5.74) is -0.152. The van der Waals surface area contributed by atoms with Gasteiger partial charge < -0.3 is 29.3 Å². The first-order valence-electron chi connectivity index (χ1n) is 9.08. The molecular formula is C20H24CaN2O6. The molecule has 0 fully saturated rings.